The lowest BCUT2D eigenvalue weighted by Gasteiger charge is -2.30. The van der Waals surface area contributed by atoms with Crippen LogP contribution in [-0.4, -0.2) is 51.9 Å². The molecule has 1 aliphatic heterocycles. The molecular weight excluding hydrogens is 408 g/mol. The first-order valence-corrected chi connectivity index (χ1v) is 10.7. The zero-order valence-corrected chi connectivity index (χ0v) is 18.3. The van der Waals surface area contributed by atoms with E-state index < -0.39 is 0 Å². The standard InChI is InChI=1S/C24H26N4O4/c1-16-3-5-21(31-2)19(15-16)20(29)4-6-22(30)28-13-9-17(10-14-28)23-26-24(32-27-23)18-7-11-25-12-8-18/h3,5,7-8,11-12,15,17H,4,6,9-10,13-14H2,1-2H3. The summed E-state index contributed by atoms with van der Waals surface area (Å²) < 4.78 is 10.7. The van der Waals surface area contributed by atoms with Crippen LogP contribution in [0.2, 0.25) is 0 Å². The van der Waals surface area contributed by atoms with Crippen LogP contribution in [0.4, 0.5) is 0 Å². The van der Waals surface area contributed by atoms with Crippen molar-refractivity contribution in [3.8, 4) is 17.2 Å². The van der Waals surface area contributed by atoms with Crippen molar-refractivity contribution in [3.63, 3.8) is 0 Å². The summed E-state index contributed by atoms with van der Waals surface area (Å²) in [6.45, 7) is 3.16. The van der Waals surface area contributed by atoms with E-state index in [4.69, 9.17) is 9.26 Å². The molecule has 3 heterocycles. The number of methoxy groups -OCH3 is 1. The van der Waals surface area contributed by atoms with Gasteiger partial charge in [0, 0.05) is 49.8 Å². The van der Waals surface area contributed by atoms with E-state index in [1.54, 1.807) is 25.6 Å². The first-order chi connectivity index (χ1) is 15.5. The molecule has 0 atom stereocenters. The van der Waals surface area contributed by atoms with E-state index in [1.165, 1.54) is 0 Å². The van der Waals surface area contributed by atoms with Crippen LogP contribution >= 0.6 is 0 Å². The van der Waals surface area contributed by atoms with Gasteiger partial charge in [0.25, 0.3) is 5.89 Å². The van der Waals surface area contributed by atoms with E-state index in [1.807, 2.05) is 36.1 Å². The first kappa shape index (κ1) is 21.7. The van der Waals surface area contributed by atoms with E-state index in [9.17, 15) is 9.59 Å². The first-order valence-electron chi connectivity index (χ1n) is 10.7. The molecule has 2 aromatic heterocycles. The minimum Gasteiger partial charge on any atom is -0.496 e. The second kappa shape index (κ2) is 9.72. The molecule has 32 heavy (non-hydrogen) atoms. The average Bonchev–Trinajstić information content (AvgIpc) is 3.33. The lowest BCUT2D eigenvalue weighted by atomic mass is 9.95. The van der Waals surface area contributed by atoms with Gasteiger partial charge < -0.3 is 14.2 Å². The molecule has 1 aromatic carbocycles. The molecule has 1 aliphatic rings. The van der Waals surface area contributed by atoms with E-state index in [2.05, 4.69) is 15.1 Å². The van der Waals surface area contributed by atoms with Crippen molar-refractivity contribution < 1.29 is 18.8 Å². The predicted octanol–water partition coefficient (Wildman–Crippen LogP) is 3.82. The van der Waals surface area contributed by atoms with E-state index >= 15 is 0 Å². The van der Waals surface area contributed by atoms with E-state index in [0.717, 1.165) is 24.0 Å². The number of rotatable bonds is 7. The molecule has 3 aromatic rings. The smallest absolute Gasteiger partial charge is 0.258 e. The largest absolute Gasteiger partial charge is 0.496 e. The number of piperidine rings is 1. The maximum Gasteiger partial charge on any atom is 0.258 e. The van der Waals surface area contributed by atoms with Crippen molar-refractivity contribution in [2.24, 2.45) is 0 Å². The number of amides is 1. The Kier molecular flexibility index (Phi) is 6.58. The van der Waals surface area contributed by atoms with Gasteiger partial charge in [-0.15, -0.1) is 0 Å². The Bertz CT molecular complexity index is 1090. The number of aromatic nitrogens is 3. The monoisotopic (exact) mass is 434 g/mol. The number of aryl methyl sites for hydroxylation is 1. The highest BCUT2D eigenvalue weighted by molar-refractivity contribution is 6.00. The molecule has 0 radical (unpaired) electrons. The third-order valence-corrected chi connectivity index (χ3v) is 5.80. The van der Waals surface area contributed by atoms with Gasteiger partial charge in [0.15, 0.2) is 11.6 Å². The summed E-state index contributed by atoms with van der Waals surface area (Å²) >= 11 is 0. The van der Waals surface area contributed by atoms with Crippen molar-refractivity contribution in [1.29, 1.82) is 0 Å². The number of hydrogen-bond acceptors (Lipinski definition) is 7. The Hall–Kier alpha value is -3.55. The topological polar surface area (TPSA) is 98.4 Å². The molecule has 0 saturated carbocycles. The number of ketones is 1. The number of carbonyl (C=O) groups excluding carboxylic acids is 2. The Morgan fingerprint density at radius 3 is 2.59 bits per heavy atom. The number of hydrogen-bond donors (Lipinski definition) is 0. The third-order valence-electron chi connectivity index (χ3n) is 5.80. The molecule has 0 aliphatic carbocycles. The molecular formula is C24H26N4O4. The molecule has 1 fully saturated rings. The Morgan fingerprint density at radius 1 is 1.12 bits per heavy atom. The van der Waals surface area contributed by atoms with Gasteiger partial charge in [-0.1, -0.05) is 16.8 Å². The quantitative estimate of drug-likeness (QED) is 0.521. The molecule has 1 amide bonds. The van der Waals surface area contributed by atoms with Gasteiger partial charge in [-0.05, 0) is 44.0 Å². The molecule has 0 spiro atoms. The number of carbonyl (C=O) groups is 2. The third kappa shape index (κ3) is 4.85. The summed E-state index contributed by atoms with van der Waals surface area (Å²) in [7, 11) is 1.54. The number of nitrogens with zero attached hydrogens (tertiary/aromatic N) is 4. The minimum atomic E-state index is -0.0794. The fourth-order valence-electron chi connectivity index (χ4n) is 3.95. The van der Waals surface area contributed by atoms with Crippen LogP contribution in [0.3, 0.4) is 0 Å². The molecule has 8 nitrogen and oxygen atoms in total. The lowest BCUT2D eigenvalue weighted by molar-refractivity contribution is -0.132. The number of likely N-dealkylation sites (tertiary alicyclic amines) is 1. The van der Waals surface area contributed by atoms with Crippen molar-refractivity contribution in [2.75, 3.05) is 20.2 Å². The molecule has 1 saturated heterocycles. The highest BCUT2D eigenvalue weighted by atomic mass is 16.5. The normalized spacial score (nSPS) is 14.4. The molecule has 0 unspecified atom stereocenters. The Labute approximate surface area is 186 Å². The van der Waals surface area contributed by atoms with Crippen LogP contribution in [0.1, 0.15) is 53.3 Å². The van der Waals surface area contributed by atoms with Crippen molar-refractivity contribution in [3.05, 3.63) is 59.7 Å². The van der Waals surface area contributed by atoms with Gasteiger partial charge in [0.1, 0.15) is 5.75 Å². The summed E-state index contributed by atoms with van der Waals surface area (Å²) in [6.07, 6.45) is 5.25. The zero-order valence-electron chi connectivity index (χ0n) is 18.3. The zero-order chi connectivity index (χ0) is 22.5. The highest BCUT2D eigenvalue weighted by Gasteiger charge is 2.27. The van der Waals surface area contributed by atoms with E-state index in [0.29, 0.717) is 36.1 Å². The summed E-state index contributed by atoms with van der Waals surface area (Å²) in [6, 6.07) is 9.14. The number of pyridine rings is 1. The van der Waals surface area contributed by atoms with Gasteiger partial charge in [0.2, 0.25) is 5.91 Å². The molecule has 0 N–H and O–H groups in total. The SMILES string of the molecule is COc1ccc(C)cc1C(=O)CCC(=O)N1CCC(c2noc(-c3ccncc3)n2)CC1. The second-order valence-corrected chi connectivity index (χ2v) is 7.98. The van der Waals surface area contributed by atoms with Crippen molar-refractivity contribution in [1.82, 2.24) is 20.0 Å². The second-order valence-electron chi connectivity index (χ2n) is 7.98. The maximum atomic E-state index is 12.7. The summed E-state index contributed by atoms with van der Waals surface area (Å²) in [4.78, 5) is 35.7. The summed E-state index contributed by atoms with van der Waals surface area (Å²) in [5.74, 6) is 1.76. The fraction of sp³-hybridized carbons (Fsp3) is 0.375. The van der Waals surface area contributed by atoms with Gasteiger partial charge in [-0.2, -0.15) is 4.98 Å². The fourth-order valence-corrected chi connectivity index (χ4v) is 3.95. The van der Waals surface area contributed by atoms with Crippen LogP contribution in [0.5, 0.6) is 5.75 Å². The Morgan fingerprint density at radius 2 is 1.88 bits per heavy atom. The summed E-state index contributed by atoms with van der Waals surface area (Å²) in [5, 5.41) is 4.14. The maximum absolute atomic E-state index is 12.7. The van der Waals surface area contributed by atoms with Gasteiger partial charge >= 0.3 is 0 Å². The van der Waals surface area contributed by atoms with Gasteiger partial charge in [-0.3, -0.25) is 14.6 Å². The predicted molar refractivity (Wildman–Crippen MR) is 117 cm³/mol. The van der Waals surface area contributed by atoms with Crippen LogP contribution in [0.25, 0.3) is 11.5 Å². The molecule has 8 heteroatoms. The van der Waals surface area contributed by atoms with Crippen LogP contribution in [0.15, 0.2) is 47.2 Å². The minimum absolute atomic E-state index is 0.00555. The van der Waals surface area contributed by atoms with Crippen LogP contribution < -0.4 is 4.74 Å². The molecule has 4 rings (SSSR count). The lowest BCUT2D eigenvalue weighted by Crippen LogP contribution is -2.38. The van der Waals surface area contributed by atoms with Crippen molar-refractivity contribution in [2.45, 2.75) is 38.5 Å². The number of ether oxygens (including phenoxy) is 1. The van der Waals surface area contributed by atoms with Gasteiger partial charge in [-0.25, -0.2) is 0 Å². The molecule has 166 valence electrons. The van der Waals surface area contributed by atoms with Crippen LogP contribution in [0, 0.1) is 6.92 Å². The van der Waals surface area contributed by atoms with Crippen molar-refractivity contribution >= 4 is 11.7 Å². The highest BCUT2D eigenvalue weighted by Crippen LogP contribution is 2.28. The summed E-state index contributed by atoms with van der Waals surface area (Å²) in [5.41, 5.74) is 2.35. The Balaban J connectivity index is 1.29. The number of benzene rings is 1. The van der Waals surface area contributed by atoms with Gasteiger partial charge in [0.05, 0.1) is 12.7 Å². The number of Topliss-reactive ketones (excluding diaryl/α,β-unsaturated/α-hetero) is 1. The molecule has 0 bridgehead atoms. The average molecular weight is 434 g/mol. The van der Waals surface area contributed by atoms with Crippen LogP contribution in [-0.2, 0) is 4.79 Å². The van der Waals surface area contributed by atoms with E-state index in [-0.39, 0.29) is 30.4 Å².